The highest BCUT2D eigenvalue weighted by Gasteiger charge is 2.28. The number of ketones is 1. The zero-order valence-corrected chi connectivity index (χ0v) is 9.71. The van der Waals surface area contributed by atoms with E-state index in [-0.39, 0.29) is 17.7 Å². The molecule has 0 unspecified atom stereocenters. The Balaban J connectivity index is 2.60. The first-order valence-electron chi connectivity index (χ1n) is 5.95. The molecule has 1 amide bonds. The van der Waals surface area contributed by atoms with Gasteiger partial charge in [0.25, 0.3) is 0 Å². The molecule has 15 heavy (non-hydrogen) atoms. The summed E-state index contributed by atoms with van der Waals surface area (Å²) in [6.45, 7) is 3.35. The summed E-state index contributed by atoms with van der Waals surface area (Å²) in [6, 6.07) is -0.229. The summed E-state index contributed by atoms with van der Waals surface area (Å²) in [4.78, 5) is 22.8. The SMILES string of the molecule is CCC(=O)[C@H](NC(C)=O)C1CCCCC1. The Morgan fingerprint density at radius 1 is 1.27 bits per heavy atom. The van der Waals surface area contributed by atoms with Crippen LogP contribution in [0, 0.1) is 5.92 Å². The zero-order chi connectivity index (χ0) is 11.3. The van der Waals surface area contributed by atoms with Crippen molar-refractivity contribution in [1.82, 2.24) is 5.32 Å². The number of Topliss-reactive ketones (excluding diaryl/α,β-unsaturated/α-hetero) is 1. The van der Waals surface area contributed by atoms with Crippen LogP contribution in [0.15, 0.2) is 0 Å². The summed E-state index contributed by atoms with van der Waals surface area (Å²) in [6.07, 6.45) is 6.33. The molecule has 0 aromatic rings. The van der Waals surface area contributed by atoms with Crippen LogP contribution in [0.5, 0.6) is 0 Å². The topological polar surface area (TPSA) is 46.2 Å². The van der Waals surface area contributed by atoms with Crippen molar-refractivity contribution in [3.05, 3.63) is 0 Å². The molecule has 0 spiro atoms. The number of hydrogen-bond donors (Lipinski definition) is 1. The summed E-state index contributed by atoms with van der Waals surface area (Å²) in [7, 11) is 0. The molecule has 1 atom stereocenters. The summed E-state index contributed by atoms with van der Waals surface area (Å²) in [5, 5.41) is 2.81. The molecule has 0 aromatic carbocycles. The van der Waals surface area contributed by atoms with Crippen LogP contribution in [0.4, 0.5) is 0 Å². The first-order chi connectivity index (χ1) is 7.15. The molecule has 1 N–H and O–H groups in total. The number of nitrogens with one attached hydrogen (secondary N) is 1. The summed E-state index contributed by atoms with van der Waals surface area (Å²) >= 11 is 0. The van der Waals surface area contributed by atoms with Crippen LogP contribution in [0.1, 0.15) is 52.4 Å². The Morgan fingerprint density at radius 2 is 1.87 bits per heavy atom. The monoisotopic (exact) mass is 211 g/mol. The number of carbonyl (C=O) groups is 2. The van der Waals surface area contributed by atoms with Gasteiger partial charge in [0, 0.05) is 13.3 Å². The highest BCUT2D eigenvalue weighted by Crippen LogP contribution is 2.27. The average molecular weight is 211 g/mol. The lowest BCUT2D eigenvalue weighted by molar-refractivity contribution is -0.128. The summed E-state index contributed by atoms with van der Waals surface area (Å²) in [5.74, 6) is 0.458. The number of carbonyl (C=O) groups excluding carboxylic acids is 2. The maximum absolute atomic E-state index is 11.7. The Labute approximate surface area is 91.6 Å². The van der Waals surface area contributed by atoms with Crippen LogP contribution in [0.3, 0.4) is 0 Å². The highest BCUT2D eigenvalue weighted by molar-refractivity contribution is 5.88. The van der Waals surface area contributed by atoms with E-state index in [4.69, 9.17) is 0 Å². The van der Waals surface area contributed by atoms with E-state index in [1.54, 1.807) is 0 Å². The molecule has 0 heterocycles. The van der Waals surface area contributed by atoms with Crippen molar-refractivity contribution in [3.8, 4) is 0 Å². The molecule has 0 aromatic heterocycles. The van der Waals surface area contributed by atoms with Gasteiger partial charge >= 0.3 is 0 Å². The second kappa shape index (κ2) is 5.89. The second-order valence-corrected chi connectivity index (χ2v) is 4.40. The van der Waals surface area contributed by atoms with Gasteiger partial charge in [-0.3, -0.25) is 9.59 Å². The number of amides is 1. The first-order valence-corrected chi connectivity index (χ1v) is 5.95. The molecule has 1 saturated carbocycles. The largest absolute Gasteiger partial charge is 0.346 e. The van der Waals surface area contributed by atoms with Gasteiger partial charge in [-0.25, -0.2) is 0 Å². The molecule has 86 valence electrons. The Kier molecular flexibility index (Phi) is 4.79. The molecule has 1 aliphatic carbocycles. The fraction of sp³-hybridized carbons (Fsp3) is 0.833. The molecular formula is C12H21NO2. The predicted molar refractivity (Wildman–Crippen MR) is 59.5 cm³/mol. The second-order valence-electron chi connectivity index (χ2n) is 4.40. The van der Waals surface area contributed by atoms with Gasteiger partial charge in [0.15, 0.2) is 5.78 Å². The smallest absolute Gasteiger partial charge is 0.217 e. The van der Waals surface area contributed by atoms with Crippen molar-refractivity contribution in [2.45, 2.75) is 58.4 Å². The van der Waals surface area contributed by atoms with Gasteiger partial charge in [0.1, 0.15) is 0 Å². The van der Waals surface area contributed by atoms with E-state index in [0.29, 0.717) is 12.3 Å². The lowest BCUT2D eigenvalue weighted by Gasteiger charge is -2.29. The van der Waals surface area contributed by atoms with Crippen molar-refractivity contribution < 1.29 is 9.59 Å². The third-order valence-electron chi connectivity index (χ3n) is 3.18. The highest BCUT2D eigenvalue weighted by atomic mass is 16.2. The Bertz CT molecular complexity index is 232. The molecule has 1 aliphatic rings. The van der Waals surface area contributed by atoms with Gasteiger partial charge in [-0.2, -0.15) is 0 Å². The maximum atomic E-state index is 11.7. The van der Waals surface area contributed by atoms with E-state index in [1.165, 1.54) is 26.2 Å². The standard InChI is InChI=1S/C12H21NO2/c1-3-11(15)12(13-9(2)14)10-7-5-4-6-8-10/h10,12H,3-8H2,1-2H3,(H,13,14)/t12-/m1/s1. The van der Waals surface area contributed by atoms with E-state index in [2.05, 4.69) is 5.32 Å². The molecule has 1 fully saturated rings. The maximum Gasteiger partial charge on any atom is 0.217 e. The fourth-order valence-electron chi connectivity index (χ4n) is 2.37. The molecule has 0 radical (unpaired) electrons. The fourth-order valence-corrected chi connectivity index (χ4v) is 2.37. The van der Waals surface area contributed by atoms with E-state index >= 15 is 0 Å². The van der Waals surface area contributed by atoms with Gasteiger partial charge in [-0.05, 0) is 18.8 Å². The van der Waals surface area contributed by atoms with Crippen molar-refractivity contribution in [3.63, 3.8) is 0 Å². The molecule has 3 heteroatoms. The number of rotatable bonds is 4. The van der Waals surface area contributed by atoms with E-state index in [9.17, 15) is 9.59 Å². The van der Waals surface area contributed by atoms with E-state index in [0.717, 1.165) is 12.8 Å². The molecule has 0 saturated heterocycles. The van der Waals surface area contributed by atoms with Crippen molar-refractivity contribution in [2.75, 3.05) is 0 Å². The van der Waals surface area contributed by atoms with Crippen molar-refractivity contribution >= 4 is 11.7 Å². The minimum Gasteiger partial charge on any atom is -0.346 e. The predicted octanol–water partition coefficient (Wildman–Crippen LogP) is 2.05. The first kappa shape index (κ1) is 12.2. The van der Waals surface area contributed by atoms with Gasteiger partial charge in [0.05, 0.1) is 6.04 Å². The zero-order valence-electron chi connectivity index (χ0n) is 9.71. The lowest BCUT2D eigenvalue weighted by atomic mass is 9.82. The third-order valence-corrected chi connectivity index (χ3v) is 3.18. The Morgan fingerprint density at radius 3 is 2.33 bits per heavy atom. The van der Waals surface area contributed by atoms with Crippen LogP contribution in [-0.2, 0) is 9.59 Å². The van der Waals surface area contributed by atoms with Crippen LogP contribution in [-0.4, -0.2) is 17.7 Å². The van der Waals surface area contributed by atoms with Crippen LogP contribution >= 0.6 is 0 Å². The molecular weight excluding hydrogens is 190 g/mol. The normalized spacial score (nSPS) is 19.6. The van der Waals surface area contributed by atoms with Crippen molar-refractivity contribution in [1.29, 1.82) is 0 Å². The van der Waals surface area contributed by atoms with Gasteiger partial charge in [-0.1, -0.05) is 26.2 Å². The van der Waals surface area contributed by atoms with Gasteiger partial charge in [-0.15, -0.1) is 0 Å². The summed E-state index contributed by atoms with van der Waals surface area (Å²) < 4.78 is 0. The molecule has 0 aliphatic heterocycles. The molecule has 3 nitrogen and oxygen atoms in total. The number of hydrogen-bond acceptors (Lipinski definition) is 2. The van der Waals surface area contributed by atoms with Crippen LogP contribution < -0.4 is 5.32 Å². The summed E-state index contributed by atoms with van der Waals surface area (Å²) in [5.41, 5.74) is 0. The lowest BCUT2D eigenvalue weighted by Crippen LogP contribution is -2.45. The third kappa shape index (κ3) is 3.65. The molecule has 0 bridgehead atoms. The Hall–Kier alpha value is -0.860. The van der Waals surface area contributed by atoms with Crippen molar-refractivity contribution in [2.24, 2.45) is 5.92 Å². The van der Waals surface area contributed by atoms with Crippen LogP contribution in [0.2, 0.25) is 0 Å². The minimum atomic E-state index is -0.229. The van der Waals surface area contributed by atoms with E-state index < -0.39 is 0 Å². The van der Waals surface area contributed by atoms with Gasteiger partial charge < -0.3 is 5.32 Å². The molecule has 1 rings (SSSR count). The minimum absolute atomic E-state index is 0.0904. The quantitative estimate of drug-likeness (QED) is 0.773. The van der Waals surface area contributed by atoms with Gasteiger partial charge in [0.2, 0.25) is 5.91 Å². The van der Waals surface area contributed by atoms with E-state index in [1.807, 2.05) is 6.92 Å². The van der Waals surface area contributed by atoms with Crippen LogP contribution in [0.25, 0.3) is 0 Å². The average Bonchev–Trinajstić information content (AvgIpc) is 2.26.